The van der Waals surface area contributed by atoms with Crippen LogP contribution in [-0.4, -0.2) is 18.4 Å². The molecule has 1 atom stereocenters. The minimum absolute atomic E-state index is 0.145. The van der Waals surface area contributed by atoms with Gasteiger partial charge in [-0.05, 0) is 43.2 Å². The lowest BCUT2D eigenvalue weighted by atomic mass is 10.1. The number of hydrogen-bond acceptors (Lipinski definition) is 2. The number of Topliss-reactive ketones (excluding diaryl/α,β-unsaturated/α-hetero) is 1. The Morgan fingerprint density at radius 2 is 1.76 bits per heavy atom. The average molecular weight is 302 g/mol. The van der Waals surface area contributed by atoms with E-state index in [1.54, 1.807) is 24.3 Å². The van der Waals surface area contributed by atoms with Gasteiger partial charge in [0.25, 0.3) is 0 Å². The van der Waals surface area contributed by atoms with Crippen molar-refractivity contribution >= 4 is 17.4 Å². The minimum Gasteiger partial charge on any atom is -0.313 e. The SMILES string of the molecule is CC(Cc1ccccc1)NCCC(=O)c1ccc(Cl)cc1. The molecule has 2 aromatic carbocycles. The summed E-state index contributed by atoms with van der Waals surface area (Å²) in [5, 5.41) is 4.05. The van der Waals surface area contributed by atoms with Gasteiger partial charge in [0.05, 0.1) is 0 Å². The molecule has 1 N–H and O–H groups in total. The monoisotopic (exact) mass is 301 g/mol. The highest BCUT2D eigenvalue weighted by atomic mass is 35.5. The first-order chi connectivity index (χ1) is 10.1. The fourth-order valence-electron chi connectivity index (χ4n) is 2.25. The summed E-state index contributed by atoms with van der Waals surface area (Å²) >= 11 is 5.82. The largest absolute Gasteiger partial charge is 0.313 e. The molecule has 0 heterocycles. The Morgan fingerprint density at radius 1 is 1.10 bits per heavy atom. The van der Waals surface area contributed by atoms with Gasteiger partial charge in [-0.3, -0.25) is 4.79 Å². The van der Waals surface area contributed by atoms with E-state index in [0.717, 1.165) is 12.0 Å². The van der Waals surface area contributed by atoms with Crippen LogP contribution < -0.4 is 5.32 Å². The Hall–Kier alpha value is -1.64. The highest BCUT2D eigenvalue weighted by Gasteiger charge is 2.07. The lowest BCUT2D eigenvalue weighted by Gasteiger charge is -2.13. The van der Waals surface area contributed by atoms with E-state index in [4.69, 9.17) is 11.6 Å². The van der Waals surface area contributed by atoms with Crippen molar-refractivity contribution < 1.29 is 4.79 Å². The van der Waals surface area contributed by atoms with E-state index in [0.29, 0.717) is 24.0 Å². The van der Waals surface area contributed by atoms with E-state index in [1.165, 1.54) is 5.56 Å². The fraction of sp³-hybridized carbons (Fsp3) is 0.278. The summed E-state index contributed by atoms with van der Waals surface area (Å²) in [4.78, 5) is 12.0. The first-order valence-electron chi connectivity index (χ1n) is 7.21. The number of halogens is 1. The zero-order chi connectivity index (χ0) is 15.1. The summed E-state index contributed by atoms with van der Waals surface area (Å²) in [6, 6.07) is 17.8. The van der Waals surface area contributed by atoms with Gasteiger partial charge in [0, 0.05) is 29.6 Å². The average Bonchev–Trinajstić information content (AvgIpc) is 2.49. The molecule has 0 spiro atoms. The van der Waals surface area contributed by atoms with Crippen LogP contribution in [0.1, 0.15) is 29.3 Å². The maximum atomic E-state index is 12.0. The molecule has 0 aromatic heterocycles. The van der Waals surface area contributed by atoms with Crippen LogP contribution in [0.2, 0.25) is 5.02 Å². The van der Waals surface area contributed by atoms with E-state index in [2.05, 4.69) is 24.4 Å². The second-order valence-electron chi connectivity index (χ2n) is 5.22. The third-order valence-corrected chi connectivity index (χ3v) is 3.65. The number of nitrogens with one attached hydrogen (secondary N) is 1. The van der Waals surface area contributed by atoms with Gasteiger partial charge in [-0.15, -0.1) is 0 Å². The second-order valence-corrected chi connectivity index (χ2v) is 5.66. The van der Waals surface area contributed by atoms with Crippen LogP contribution in [0, 0.1) is 0 Å². The van der Waals surface area contributed by atoms with E-state index >= 15 is 0 Å². The molecule has 2 nitrogen and oxygen atoms in total. The van der Waals surface area contributed by atoms with E-state index in [1.807, 2.05) is 18.2 Å². The first kappa shape index (κ1) is 15.7. The van der Waals surface area contributed by atoms with Crippen molar-refractivity contribution in [2.24, 2.45) is 0 Å². The lowest BCUT2D eigenvalue weighted by Crippen LogP contribution is -2.30. The molecule has 21 heavy (non-hydrogen) atoms. The molecule has 0 saturated carbocycles. The zero-order valence-electron chi connectivity index (χ0n) is 12.2. The van der Waals surface area contributed by atoms with Gasteiger partial charge in [-0.1, -0.05) is 41.9 Å². The maximum Gasteiger partial charge on any atom is 0.164 e. The van der Waals surface area contributed by atoms with Crippen molar-refractivity contribution in [3.8, 4) is 0 Å². The molecule has 1 unspecified atom stereocenters. The Bertz CT molecular complexity index is 566. The van der Waals surface area contributed by atoms with Crippen molar-refractivity contribution in [1.82, 2.24) is 5.32 Å². The van der Waals surface area contributed by atoms with Crippen molar-refractivity contribution in [3.05, 3.63) is 70.7 Å². The van der Waals surface area contributed by atoms with Gasteiger partial charge in [0.2, 0.25) is 0 Å². The topological polar surface area (TPSA) is 29.1 Å². The zero-order valence-corrected chi connectivity index (χ0v) is 12.9. The van der Waals surface area contributed by atoms with Crippen LogP contribution in [0.4, 0.5) is 0 Å². The number of ketones is 1. The van der Waals surface area contributed by atoms with Gasteiger partial charge in [-0.2, -0.15) is 0 Å². The van der Waals surface area contributed by atoms with Crippen molar-refractivity contribution in [1.29, 1.82) is 0 Å². The molecule has 0 fully saturated rings. The Kier molecular flexibility index (Phi) is 5.97. The van der Waals surface area contributed by atoms with Crippen molar-refractivity contribution in [2.45, 2.75) is 25.8 Å². The standard InChI is InChI=1S/C18H20ClNO/c1-14(13-15-5-3-2-4-6-15)20-12-11-18(21)16-7-9-17(19)10-8-16/h2-10,14,20H,11-13H2,1H3. The molecule has 0 radical (unpaired) electrons. The fourth-order valence-corrected chi connectivity index (χ4v) is 2.38. The molecule has 0 amide bonds. The summed E-state index contributed by atoms with van der Waals surface area (Å²) in [6.45, 7) is 2.83. The Balaban J connectivity index is 1.73. The predicted octanol–water partition coefficient (Wildman–Crippen LogP) is 4.13. The van der Waals surface area contributed by atoms with E-state index in [-0.39, 0.29) is 5.78 Å². The number of carbonyl (C=O) groups excluding carboxylic acids is 1. The van der Waals surface area contributed by atoms with Crippen LogP contribution in [0.15, 0.2) is 54.6 Å². The van der Waals surface area contributed by atoms with Crippen molar-refractivity contribution in [3.63, 3.8) is 0 Å². The van der Waals surface area contributed by atoms with Crippen LogP contribution in [0.5, 0.6) is 0 Å². The molecule has 0 saturated heterocycles. The molecule has 0 bridgehead atoms. The lowest BCUT2D eigenvalue weighted by molar-refractivity contribution is 0.0982. The Morgan fingerprint density at radius 3 is 2.43 bits per heavy atom. The first-order valence-corrected chi connectivity index (χ1v) is 7.59. The molecule has 0 aliphatic rings. The van der Waals surface area contributed by atoms with Gasteiger partial charge in [0.15, 0.2) is 5.78 Å². The quantitative estimate of drug-likeness (QED) is 0.779. The number of benzene rings is 2. The third-order valence-electron chi connectivity index (χ3n) is 3.40. The molecule has 2 rings (SSSR count). The smallest absolute Gasteiger partial charge is 0.164 e. The van der Waals surface area contributed by atoms with Crippen molar-refractivity contribution in [2.75, 3.05) is 6.54 Å². The highest BCUT2D eigenvalue weighted by molar-refractivity contribution is 6.30. The maximum absolute atomic E-state index is 12.0. The molecular weight excluding hydrogens is 282 g/mol. The van der Waals surface area contributed by atoms with Gasteiger partial charge in [0.1, 0.15) is 0 Å². The van der Waals surface area contributed by atoms with E-state index in [9.17, 15) is 4.79 Å². The molecule has 0 aliphatic heterocycles. The Labute approximate surface area is 131 Å². The number of hydrogen-bond donors (Lipinski definition) is 1. The summed E-state index contributed by atoms with van der Waals surface area (Å²) in [5.41, 5.74) is 2.03. The summed E-state index contributed by atoms with van der Waals surface area (Å²) in [5.74, 6) is 0.145. The molecule has 2 aromatic rings. The number of carbonyl (C=O) groups is 1. The minimum atomic E-state index is 0.145. The van der Waals surface area contributed by atoms with Crippen LogP contribution in [0.25, 0.3) is 0 Å². The second kappa shape index (κ2) is 7.96. The van der Waals surface area contributed by atoms with Gasteiger partial charge < -0.3 is 5.32 Å². The van der Waals surface area contributed by atoms with Gasteiger partial charge >= 0.3 is 0 Å². The predicted molar refractivity (Wildman–Crippen MR) is 88.0 cm³/mol. The van der Waals surface area contributed by atoms with Crippen LogP contribution in [-0.2, 0) is 6.42 Å². The summed E-state index contributed by atoms with van der Waals surface area (Å²) < 4.78 is 0. The molecule has 110 valence electrons. The molecule has 0 aliphatic carbocycles. The van der Waals surface area contributed by atoms with E-state index < -0.39 is 0 Å². The van der Waals surface area contributed by atoms with Crippen LogP contribution in [0.3, 0.4) is 0 Å². The highest BCUT2D eigenvalue weighted by Crippen LogP contribution is 2.11. The van der Waals surface area contributed by atoms with Crippen LogP contribution >= 0.6 is 11.6 Å². The summed E-state index contributed by atoms with van der Waals surface area (Å²) in [7, 11) is 0. The summed E-state index contributed by atoms with van der Waals surface area (Å²) in [6.07, 6.45) is 1.47. The normalized spacial score (nSPS) is 12.1. The molecular formula is C18H20ClNO. The number of rotatable bonds is 7. The molecule has 3 heteroatoms. The third kappa shape index (κ3) is 5.33. The van der Waals surface area contributed by atoms with Gasteiger partial charge in [-0.25, -0.2) is 0 Å².